The summed E-state index contributed by atoms with van der Waals surface area (Å²) in [7, 11) is 0. The molecule has 0 saturated carbocycles. The van der Waals surface area contributed by atoms with E-state index < -0.39 is 0 Å². The second-order valence-corrected chi connectivity index (χ2v) is 9.44. The molecule has 0 aromatic carbocycles. The van der Waals surface area contributed by atoms with Gasteiger partial charge in [-0.2, -0.15) is 5.10 Å². The van der Waals surface area contributed by atoms with Gasteiger partial charge in [-0.05, 0) is 37.5 Å². The maximum Gasteiger partial charge on any atom is 0.155 e. The average molecular weight is 467 g/mol. The molecule has 7 rings (SSSR count). The molecular weight excluding hydrogens is 440 g/mol. The van der Waals surface area contributed by atoms with Crippen molar-refractivity contribution in [1.29, 1.82) is 0 Å². The van der Waals surface area contributed by atoms with Gasteiger partial charge in [0.1, 0.15) is 17.2 Å². The smallest absolute Gasteiger partial charge is 0.155 e. The van der Waals surface area contributed by atoms with E-state index in [-0.39, 0.29) is 6.04 Å². The van der Waals surface area contributed by atoms with Gasteiger partial charge in [0.15, 0.2) is 5.65 Å². The summed E-state index contributed by atoms with van der Waals surface area (Å²) in [5.41, 5.74) is 12.2. The van der Waals surface area contributed by atoms with Crippen LogP contribution in [0.2, 0.25) is 0 Å². The fraction of sp³-hybridized carbons (Fsp3) is 0.320. The van der Waals surface area contributed by atoms with Crippen molar-refractivity contribution in [2.75, 3.05) is 36.0 Å². The standard InChI is InChI=1S/C25H26N10/c26-16-13-35(14-16)22-12-27-11-20(30-22)15-8-18-23(32-33-25(18)29-10-15)19-9-17-21(4-5-28-24(17)31-19)34-6-2-1-3-7-34/h4-5,8-12,16H,1-3,6-7,13-14,26H2,(H,28,31)(H,29,32,33). The molecule has 2 saturated heterocycles. The van der Waals surface area contributed by atoms with Gasteiger partial charge in [0.25, 0.3) is 0 Å². The third-order valence-corrected chi connectivity index (χ3v) is 7.03. The van der Waals surface area contributed by atoms with Crippen molar-refractivity contribution in [1.82, 2.24) is 35.1 Å². The van der Waals surface area contributed by atoms with Crippen molar-refractivity contribution in [3.8, 4) is 22.6 Å². The van der Waals surface area contributed by atoms with Crippen molar-refractivity contribution < 1.29 is 0 Å². The van der Waals surface area contributed by atoms with E-state index in [9.17, 15) is 0 Å². The van der Waals surface area contributed by atoms with Crippen LogP contribution in [-0.4, -0.2) is 67.3 Å². The Hall–Kier alpha value is -4.05. The van der Waals surface area contributed by atoms with E-state index in [1.165, 1.54) is 24.9 Å². The van der Waals surface area contributed by atoms with E-state index in [1.807, 2.05) is 6.20 Å². The maximum atomic E-state index is 5.94. The molecule has 4 N–H and O–H groups in total. The minimum Gasteiger partial charge on any atom is -0.371 e. The number of hydrogen-bond acceptors (Lipinski definition) is 8. The van der Waals surface area contributed by atoms with Gasteiger partial charge in [-0.1, -0.05) is 0 Å². The highest BCUT2D eigenvalue weighted by atomic mass is 15.3. The SMILES string of the molecule is NC1CN(c2cncc(-c3cnc4[nH]nc(-c5cc6c(N7CCCCC7)ccnc6[nH]5)c4c3)n2)C1. The number of anilines is 2. The molecule has 2 aliphatic rings. The lowest BCUT2D eigenvalue weighted by atomic mass is 10.1. The maximum absolute atomic E-state index is 5.94. The summed E-state index contributed by atoms with van der Waals surface area (Å²) >= 11 is 0. The molecule has 0 bridgehead atoms. The summed E-state index contributed by atoms with van der Waals surface area (Å²) < 4.78 is 0. The Bertz CT molecular complexity index is 1520. The largest absolute Gasteiger partial charge is 0.371 e. The van der Waals surface area contributed by atoms with Gasteiger partial charge in [0, 0.05) is 66.6 Å². The van der Waals surface area contributed by atoms with Crippen molar-refractivity contribution in [3.63, 3.8) is 0 Å². The normalized spacial score (nSPS) is 16.8. The van der Waals surface area contributed by atoms with Crippen LogP contribution in [0, 0.1) is 0 Å². The van der Waals surface area contributed by atoms with Crippen LogP contribution in [0.4, 0.5) is 11.5 Å². The Morgan fingerprint density at radius 1 is 0.914 bits per heavy atom. The van der Waals surface area contributed by atoms with Crippen LogP contribution in [0.3, 0.4) is 0 Å². The first-order valence-corrected chi connectivity index (χ1v) is 12.1. The van der Waals surface area contributed by atoms with Crippen LogP contribution >= 0.6 is 0 Å². The van der Waals surface area contributed by atoms with Gasteiger partial charge < -0.3 is 20.5 Å². The zero-order valence-electron chi connectivity index (χ0n) is 19.3. The third-order valence-electron chi connectivity index (χ3n) is 7.03. The average Bonchev–Trinajstić information content (AvgIpc) is 3.51. The number of aromatic nitrogens is 7. The number of nitrogens with one attached hydrogen (secondary N) is 2. The topological polar surface area (TPSA) is 129 Å². The van der Waals surface area contributed by atoms with E-state index in [0.29, 0.717) is 0 Å². The molecule has 0 amide bonds. The second-order valence-electron chi connectivity index (χ2n) is 9.44. The van der Waals surface area contributed by atoms with Crippen LogP contribution in [0.5, 0.6) is 0 Å². The zero-order chi connectivity index (χ0) is 23.4. The third kappa shape index (κ3) is 3.48. The summed E-state index contributed by atoms with van der Waals surface area (Å²) in [6.07, 6.45) is 11.0. The number of aromatic amines is 2. The van der Waals surface area contributed by atoms with Crippen molar-refractivity contribution in [2.45, 2.75) is 25.3 Å². The number of nitrogens with two attached hydrogens (primary N) is 1. The van der Waals surface area contributed by atoms with Crippen LogP contribution in [0.1, 0.15) is 19.3 Å². The predicted molar refractivity (Wildman–Crippen MR) is 136 cm³/mol. The molecule has 5 aromatic heterocycles. The quantitative estimate of drug-likeness (QED) is 0.369. The molecule has 0 unspecified atom stereocenters. The van der Waals surface area contributed by atoms with Crippen molar-refractivity contribution in [2.24, 2.45) is 5.73 Å². The molecule has 2 fully saturated rings. The van der Waals surface area contributed by atoms with Crippen molar-refractivity contribution in [3.05, 3.63) is 43.0 Å². The number of nitrogens with zero attached hydrogens (tertiary/aromatic N) is 7. The molecule has 0 radical (unpaired) electrons. The first kappa shape index (κ1) is 20.3. The Labute approximate surface area is 201 Å². The molecule has 2 aliphatic heterocycles. The Kier molecular flexibility index (Phi) is 4.66. The number of H-pyrrole nitrogens is 2. The number of fused-ring (bicyclic) bond motifs is 2. The van der Waals surface area contributed by atoms with E-state index in [0.717, 1.165) is 76.7 Å². The minimum absolute atomic E-state index is 0.202. The van der Waals surface area contributed by atoms with E-state index in [4.69, 9.17) is 10.7 Å². The Balaban J connectivity index is 1.28. The van der Waals surface area contributed by atoms with Crippen LogP contribution in [0.15, 0.2) is 43.0 Å². The number of hydrogen-bond donors (Lipinski definition) is 3. The molecular formula is C25H26N10. The summed E-state index contributed by atoms with van der Waals surface area (Å²) in [5.74, 6) is 0.837. The zero-order valence-corrected chi connectivity index (χ0v) is 19.3. The lowest BCUT2D eigenvalue weighted by molar-refractivity contribution is 0.514. The van der Waals surface area contributed by atoms with Crippen LogP contribution < -0.4 is 15.5 Å². The van der Waals surface area contributed by atoms with Crippen LogP contribution in [0.25, 0.3) is 44.7 Å². The summed E-state index contributed by atoms with van der Waals surface area (Å²) in [4.78, 5) is 26.5. The highest BCUT2D eigenvalue weighted by Crippen LogP contribution is 2.34. The summed E-state index contributed by atoms with van der Waals surface area (Å²) in [5, 5.41) is 9.71. The van der Waals surface area contributed by atoms with Gasteiger partial charge in [0.05, 0.1) is 23.8 Å². The Morgan fingerprint density at radius 3 is 2.66 bits per heavy atom. The fourth-order valence-corrected chi connectivity index (χ4v) is 5.15. The number of pyridine rings is 2. The molecule has 0 aliphatic carbocycles. The number of piperidine rings is 1. The molecule has 35 heavy (non-hydrogen) atoms. The van der Waals surface area contributed by atoms with Gasteiger partial charge >= 0.3 is 0 Å². The number of rotatable bonds is 4. The van der Waals surface area contributed by atoms with Gasteiger partial charge in [-0.25, -0.2) is 15.0 Å². The summed E-state index contributed by atoms with van der Waals surface area (Å²) in [6, 6.07) is 6.54. The van der Waals surface area contributed by atoms with E-state index in [1.54, 1.807) is 18.6 Å². The molecule has 10 heteroatoms. The first-order valence-electron chi connectivity index (χ1n) is 12.1. The molecule has 0 atom stereocenters. The molecule has 7 heterocycles. The first-order chi connectivity index (χ1) is 17.2. The lowest BCUT2D eigenvalue weighted by Gasteiger charge is -2.37. The van der Waals surface area contributed by atoms with Gasteiger partial charge in [-0.3, -0.25) is 10.1 Å². The molecule has 176 valence electrons. The second kappa shape index (κ2) is 8.02. The summed E-state index contributed by atoms with van der Waals surface area (Å²) in [6.45, 7) is 3.77. The monoisotopic (exact) mass is 466 g/mol. The van der Waals surface area contributed by atoms with Crippen molar-refractivity contribution >= 4 is 33.6 Å². The van der Waals surface area contributed by atoms with E-state index in [2.05, 4.69) is 58.1 Å². The Morgan fingerprint density at radius 2 is 1.80 bits per heavy atom. The van der Waals surface area contributed by atoms with Gasteiger partial charge in [-0.15, -0.1) is 0 Å². The fourth-order valence-electron chi connectivity index (χ4n) is 5.15. The molecule has 10 nitrogen and oxygen atoms in total. The van der Waals surface area contributed by atoms with Crippen LogP contribution in [-0.2, 0) is 0 Å². The van der Waals surface area contributed by atoms with Gasteiger partial charge in [0.2, 0.25) is 0 Å². The lowest BCUT2D eigenvalue weighted by Crippen LogP contribution is -2.56. The van der Waals surface area contributed by atoms with E-state index >= 15 is 0 Å². The minimum atomic E-state index is 0.202. The highest BCUT2D eigenvalue weighted by Gasteiger charge is 2.25. The predicted octanol–water partition coefficient (Wildman–Crippen LogP) is 3.10. The highest BCUT2D eigenvalue weighted by molar-refractivity contribution is 5.98. The molecule has 5 aromatic rings. The molecule has 0 spiro atoms.